The van der Waals surface area contributed by atoms with E-state index in [1.54, 1.807) is 14.2 Å². The van der Waals surface area contributed by atoms with Crippen LogP contribution in [0.2, 0.25) is 0 Å². The van der Waals surface area contributed by atoms with Gasteiger partial charge < -0.3 is 25.8 Å². The van der Waals surface area contributed by atoms with Gasteiger partial charge in [-0.1, -0.05) is 24.3 Å². The number of para-hydroxylation sites is 1. The van der Waals surface area contributed by atoms with Crippen molar-refractivity contribution in [2.75, 3.05) is 39.2 Å². The molecule has 2 aromatic carbocycles. The summed E-state index contributed by atoms with van der Waals surface area (Å²) in [5, 5.41) is 6.49. The molecule has 2 aromatic rings. The van der Waals surface area contributed by atoms with Crippen molar-refractivity contribution in [2.24, 2.45) is 10.7 Å². The van der Waals surface area contributed by atoms with E-state index in [9.17, 15) is 0 Å². The Morgan fingerprint density at radius 3 is 2.44 bits per heavy atom. The first-order valence-corrected chi connectivity index (χ1v) is 8.76. The Kier molecular flexibility index (Phi) is 11.1. The van der Waals surface area contributed by atoms with Crippen molar-refractivity contribution >= 4 is 35.6 Å². The van der Waals surface area contributed by atoms with Crippen LogP contribution in [0.25, 0.3) is 0 Å². The molecule has 6 nitrogen and oxygen atoms in total. The van der Waals surface area contributed by atoms with Crippen molar-refractivity contribution in [1.29, 1.82) is 0 Å². The first-order chi connectivity index (χ1) is 12.7. The molecule has 0 aliphatic heterocycles. The number of anilines is 1. The number of hydrogen-bond acceptors (Lipinski definition) is 4. The van der Waals surface area contributed by atoms with Gasteiger partial charge in [0, 0.05) is 25.3 Å². The highest BCUT2D eigenvalue weighted by atomic mass is 127. The third kappa shape index (κ3) is 8.38. The fraction of sp³-hybridized carbons (Fsp3) is 0.350. The van der Waals surface area contributed by atoms with Crippen molar-refractivity contribution in [2.45, 2.75) is 12.8 Å². The molecule has 0 aliphatic carbocycles. The van der Waals surface area contributed by atoms with E-state index in [4.69, 9.17) is 15.2 Å². The van der Waals surface area contributed by atoms with Crippen molar-refractivity contribution in [3.8, 4) is 11.5 Å². The van der Waals surface area contributed by atoms with Gasteiger partial charge in [0.05, 0.1) is 14.2 Å². The van der Waals surface area contributed by atoms with Gasteiger partial charge >= 0.3 is 0 Å². The van der Waals surface area contributed by atoms with E-state index in [1.807, 2.05) is 48.5 Å². The molecule has 0 saturated carbocycles. The second-order valence-electron chi connectivity index (χ2n) is 5.78. The number of guanidine groups is 1. The van der Waals surface area contributed by atoms with Crippen molar-refractivity contribution in [1.82, 2.24) is 5.32 Å². The smallest absolute Gasteiger partial charge is 0.188 e. The lowest BCUT2D eigenvalue weighted by molar-refractivity contribution is 0.354. The predicted molar refractivity (Wildman–Crippen MR) is 123 cm³/mol. The van der Waals surface area contributed by atoms with E-state index in [1.165, 1.54) is 0 Å². The predicted octanol–water partition coefficient (Wildman–Crippen LogP) is 3.27. The molecule has 7 heteroatoms. The Morgan fingerprint density at radius 2 is 1.74 bits per heavy atom. The van der Waals surface area contributed by atoms with Crippen LogP contribution < -0.4 is 25.8 Å². The van der Waals surface area contributed by atoms with Gasteiger partial charge in [0.2, 0.25) is 0 Å². The molecule has 0 atom stereocenters. The van der Waals surface area contributed by atoms with E-state index in [0.29, 0.717) is 19.0 Å². The third-order valence-corrected chi connectivity index (χ3v) is 3.89. The number of methoxy groups -OCH3 is 2. The van der Waals surface area contributed by atoms with Gasteiger partial charge in [-0.2, -0.15) is 0 Å². The molecule has 4 N–H and O–H groups in total. The molecule has 0 unspecified atom stereocenters. The molecule has 0 radical (unpaired) electrons. The van der Waals surface area contributed by atoms with Crippen molar-refractivity contribution in [3.05, 3.63) is 54.1 Å². The van der Waals surface area contributed by atoms with E-state index >= 15 is 0 Å². The standard InChI is InChI=1S/C20H28N4O2.HI/c1-25-18-10-9-16(15-19(18)26-2)11-14-24-20(21)23-13-6-12-22-17-7-4-3-5-8-17;/h3-5,7-10,15,22H,6,11-14H2,1-2H3,(H3,21,23,24);1H. The Morgan fingerprint density at radius 1 is 1.00 bits per heavy atom. The lowest BCUT2D eigenvalue weighted by Gasteiger charge is -2.10. The maximum absolute atomic E-state index is 5.91. The summed E-state index contributed by atoms with van der Waals surface area (Å²) >= 11 is 0. The largest absolute Gasteiger partial charge is 0.493 e. The molecule has 2 rings (SSSR count). The number of hydrogen-bond donors (Lipinski definition) is 3. The number of aliphatic imine (C=N–C) groups is 1. The van der Waals surface area contributed by atoms with Crippen LogP contribution >= 0.6 is 24.0 Å². The first kappa shape index (κ1) is 22.9. The zero-order chi connectivity index (χ0) is 18.6. The lowest BCUT2D eigenvalue weighted by atomic mass is 10.1. The van der Waals surface area contributed by atoms with Crippen LogP contribution in [0.3, 0.4) is 0 Å². The average Bonchev–Trinajstić information content (AvgIpc) is 2.68. The van der Waals surface area contributed by atoms with Crippen LogP contribution in [0.4, 0.5) is 5.69 Å². The zero-order valence-electron chi connectivity index (χ0n) is 15.9. The number of nitrogens with one attached hydrogen (secondary N) is 2. The van der Waals surface area contributed by atoms with Gasteiger partial charge in [-0.15, -0.1) is 24.0 Å². The highest BCUT2D eigenvalue weighted by Gasteiger charge is 2.04. The fourth-order valence-corrected chi connectivity index (χ4v) is 2.49. The highest BCUT2D eigenvalue weighted by Crippen LogP contribution is 2.27. The molecule has 0 spiro atoms. The number of halogens is 1. The number of nitrogens with zero attached hydrogens (tertiary/aromatic N) is 1. The fourth-order valence-electron chi connectivity index (χ4n) is 2.49. The number of nitrogens with two attached hydrogens (primary N) is 1. The van der Waals surface area contributed by atoms with Crippen LogP contribution in [0.15, 0.2) is 53.5 Å². The van der Waals surface area contributed by atoms with E-state index in [-0.39, 0.29) is 24.0 Å². The minimum atomic E-state index is 0. The first-order valence-electron chi connectivity index (χ1n) is 8.76. The van der Waals surface area contributed by atoms with Gasteiger partial charge in [0.25, 0.3) is 0 Å². The molecule has 0 aliphatic rings. The number of rotatable bonds is 10. The maximum Gasteiger partial charge on any atom is 0.188 e. The van der Waals surface area contributed by atoms with Crippen molar-refractivity contribution in [3.63, 3.8) is 0 Å². The van der Waals surface area contributed by atoms with E-state index in [2.05, 4.69) is 15.6 Å². The van der Waals surface area contributed by atoms with E-state index < -0.39 is 0 Å². The van der Waals surface area contributed by atoms with Crippen LogP contribution in [-0.4, -0.2) is 39.8 Å². The van der Waals surface area contributed by atoms with Crippen LogP contribution in [0, 0.1) is 0 Å². The zero-order valence-corrected chi connectivity index (χ0v) is 18.2. The van der Waals surface area contributed by atoms with E-state index in [0.717, 1.165) is 42.1 Å². The molecule has 0 bridgehead atoms. The molecular formula is C20H29IN4O2. The van der Waals surface area contributed by atoms with Crippen LogP contribution in [0.5, 0.6) is 11.5 Å². The minimum Gasteiger partial charge on any atom is -0.493 e. The van der Waals surface area contributed by atoms with Gasteiger partial charge in [-0.05, 0) is 42.7 Å². The molecule has 0 amide bonds. The quantitative estimate of drug-likeness (QED) is 0.209. The monoisotopic (exact) mass is 484 g/mol. The Hall–Kier alpha value is -2.16. The van der Waals surface area contributed by atoms with Crippen molar-refractivity contribution < 1.29 is 9.47 Å². The molecule has 0 fully saturated rings. The number of benzene rings is 2. The van der Waals surface area contributed by atoms with Gasteiger partial charge in [0.15, 0.2) is 17.5 Å². The Balaban J connectivity index is 0.00000364. The molecule has 0 heterocycles. The summed E-state index contributed by atoms with van der Waals surface area (Å²) < 4.78 is 10.6. The highest BCUT2D eigenvalue weighted by molar-refractivity contribution is 14.0. The summed E-state index contributed by atoms with van der Waals surface area (Å²) in [4.78, 5) is 4.35. The second kappa shape index (κ2) is 13.1. The van der Waals surface area contributed by atoms with Crippen LogP contribution in [-0.2, 0) is 6.42 Å². The Bertz CT molecular complexity index is 696. The maximum atomic E-state index is 5.91. The topological polar surface area (TPSA) is 80.9 Å². The minimum absolute atomic E-state index is 0. The number of ether oxygens (including phenoxy) is 2. The summed E-state index contributed by atoms with van der Waals surface area (Å²) in [7, 11) is 3.27. The molecule has 0 aromatic heterocycles. The summed E-state index contributed by atoms with van der Waals surface area (Å²) in [6, 6.07) is 16.0. The SMILES string of the molecule is COc1ccc(CCNC(N)=NCCCNc2ccccc2)cc1OC.I. The summed E-state index contributed by atoms with van der Waals surface area (Å²) in [5.74, 6) is 1.94. The lowest BCUT2D eigenvalue weighted by Crippen LogP contribution is -2.33. The molecule has 148 valence electrons. The molecular weight excluding hydrogens is 455 g/mol. The van der Waals surface area contributed by atoms with Gasteiger partial charge in [-0.3, -0.25) is 4.99 Å². The summed E-state index contributed by atoms with van der Waals surface area (Å²) in [5.41, 5.74) is 8.18. The second-order valence-corrected chi connectivity index (χ2v) is 5.78. The summed E-state index contributed by atoms with van der Waals surface area (Å²) in [6.45, 7) is 2.27. The van der Waals surface area contributed by atoms with Gasteiger partial charge in [-0.25, -0.2) is 0 Å². The summed E-state index contributed by atoms with van der Waals surface area (Å²) in [6.07, 6.45) is 1.75. The normalized spacial score (nSPS) is 10.7. The van der Waals surface area contributed by atoms with Gasteiger partial charge in [0.1, 0.15) is 0 Å². The molecule has 27 heavy (non-hydrogen) atoms. The van der Waals surface area contributed by atoms with Crippen LogP contribution in [0.1, 0.15) is 12.0 Å². The third-order valence-electron chi connectivity index (χ3n) is 3.89. The molecule has 0 saturated heterocycles. The Labute approximate surface area is 178 Å². The average molecular weight is 484 g/mol.